The number of hydrogen-bond donors (Lipinski definition) is 1. The number of carbonyl (C=O) groups is 1. The molecule has 1 saturated heterocycles. The van der Waals surface area contributed by atoms with Crippen LogP contribution in [0.5, 0.6) is 0 Å². The van der Waals surface area contributed by atoms with Gasteiger partial charge >= 0.3 is 6.18 Å². The first kappa shape index (κ1) is 16.5. The number of nitrogens with zero attached hydrogens (tertiary/aromatic N) is 2. The number of rotatable bonds is 2. The third-order valence-corrected chi connectivity index (χ3v) is 4.54. The van der Waals surface area contributed by atoms with Gasteiger partial charge in [-0.15, -0.1) is 0 Å². The fourth-order valence-electron chi connectivity index (χ4n) is 3.27. The lowest BCUT2D eigenvalue weighted by Crippen LogP contribution is -2.30. The summed E-state index contributed by atoms with van der Waals surface area (Å²) in [6.45, 7) is 5.05. The molecule has 0 spiro atoms. The van der Waals surface area contributed by atoms with Crippen LogP contribution in [0, 0.1) is 5.41 Å². The lowest BCUT2D eigenvalue weighted by molar-refractivity contribution is -0.141. The molecule has 1 atom stereocenters. The number of alkyl halides is 3. The number of hydrogen-bond acceptors (Lipinski definition) is 2. The Hall–Kier alpha value is -2.31. The van der Waals surface area contributed by atoms with Crippen LogP contribution in [-0.2, 0) is 6.18 Å². The fourth-order valence-corrected chi connectivity index (χ4v) is 3.27. The lowest BCUT2D eigenvalue weighted by Gasteiger charge is -2.25. The minimum atomic E-state index is -4.54. The van der Waals surface area contributed by atoms with Crippen molar-refractivity contribution < 1.29 is 18.0 Å². The molecule has 0 saturated carbocycles. The van der Waals surface area contributed by atoms with E-state index in [1.54, 1.807) is 4.90 Å². The quantitative estimate of drug-likeness (QED) is 0.908. The van der Waals surface area contributed by atoms with Gasteiger partial charge in [0.1, 0.15) is 5.69 Å². The van der Waals surface area contributed by atoms with Crippen molar-refractivity contribution in [2.24, 2.45) is 5.41 Å². The summed E-state index contributed by atoms with van der Waals surface area (Å²) in [6, 6.07) is 10.6. The molecule has 1 aliphatic rings. The van der Waals surface area contributed by atoms with Crippen LogP contribution in [0.25, 0.3) is 0 Å². The number of aromatic amines is 1. The molecule has 1 N–H and O–H groups in total. The van der Waals surface area contributed by atoms with E-state index in [0.717, 1.165) is 11.6 Å². The van der Waals surface area contributed by atoms with Gasteiger partial charge in [-0.25, -0.2) is 0 Å². The smallest absolute Gasteiger partial charge is 0.336 e. The van der Waals surface area contributed by atoms with Gasteiger partial charge in [0.15, 0.2) is 5.69 Å². The summed E-state index contributed by atoms with van der Waals surface area (Å²) in [7, 11) is 0. The fraction of sp³-hybridized carbons (Fsp3) is 0.412. The van der Waals surface area contributed by atoms with Crippen molar-refractivity contribution in [3.05, 3.63) is 53.3 Å². The van der Waals surface area contributed by atoms with Crippen LogP contribution in [0.2, 0.25) is 0 Å². The van der Waals surface area contributed by atoms with Gasteiger partial charge in [-0.2, -0.15) is 18.3 Å². The summed E-state index contributed by atoms with van der Waals surface area (Å²) in [4.78, 5) is 14.1. The number of likely N-dealkylation sites (tertiary alicyclic amines) is 1. The largest absolute Gasteiger partial charge is 0.432 e. The number of carbonyl (C=O) groups excluding carboxylic acids is 1. The van der Waals surface area contributed by atoms with Crippen molar-refractivity contribution >= 4 is 5.91 Å². The van der Waals surface area contributed by atoms with Gasteiger partial charge in [-0.05, 0) is 11.0 Å². The van der Waals surface area contributed by atoms with Crippen LogP contribution in [-0.4, -0.2) is 34.1 Å². The summed E-state index contributed by atoms with van der Waals surface area (Å²) < 4.78 is 38.0. The molecule has 0 unspecified atom stereocenters. The first-order valence-corrected chi connectivity index (χ1v) is 7.65. The van der Waals surface area contributed by atoms with E-state index in [1.165, 1.54) is 0 Å². The molecule has 2 heterocycles. The average Bonchev–Trinajstić information content (AvgIpc) is 3.11. The van der Waals surface area contributed by atoms with Crippen LogP contribution in [0.1, 0.15) is 41.5 Å². The average molecular weight is 337 g/mol. The Bertz CT molecular complexity index is 737. The second-order valence-corrected chi connectivity index (χ2v) is 6.80. The maximum atomic E-state index is 12.7. The number of halogens is 3. The topological polar surface area (TPSA) is 49.0 Å². The second kappa shape index (κ2) is 5.65. The van der Waals surface area contributed by atoms with Gasteiger partial charge < -0.3 is 4.90 Å². The van der Waals surface area contributed by atoms with Crippen molar-refractivity contribution in [3.63, 3.8) is 0 Å². The number of nitrogens with one attached hydrogen (secondary N) is 1. The maximum absolute atomic E-state index is 12.7. The number of benzene rings is 1. The zero-order valence-corrected chi connectivity index (χ0v) is 13.4. The summed E-state index contributed by atoms with van der Waals surface area (Å²) in [5, 5.41) is 5.43. The predicted octanol–water partition coefficient (Wildman–Crippen LogP) is 3.69. The zero-order chi connectivity index (χ0) is 17.5. The Kier molecular flexibility index (Phi) is 3.89. The van der Waals surface area contributed by atoms with E-state index in [1.807, 2.05) is 35.4 Å². The van der Waals surface area contributed by atoms with Crippen molar-refractivity contribution in [2.45, 2.75) is 25.9 Å². The molecule has 0 bridgehead atoms. The molecule has 4 nitrogen and oxygen atoms in total. The molecule has 1 fully saturated rings. The Labute approximate surface area is 137 Å². The Balaban J connectivity index is 1.81. The minimum absolute atomic E-state index is 0.128. The van der Waals surface area contributed by atoms with E-state index < -0.39 is 17.8 Å². The Morgan fingerprint density at radius 1 is 1.29 bits per heavy atom. The summed E-state index contributed by atoms with van der Waals surface area (Å²) in [5.41, 5.74) is -0.258. The first-order valence-electron chi connectivity index (χ1n) is 7.65. The lowest BCUT2D eigenvalue weighted by atomic mass is 9.78. The van der Waals surface area contributed by atoms with E-state index in [-0.39, 0.29) is 17.0 Å². The highest BCUT2D eigenvalue weighted by Gasteiger charge is 2.43. The van der Waals surface area contributed by atoms with Crippen LogP contribution < -0.4 is 0 Å². The summed E-state index contributed by atoms with van der Waals surface area (Å²) in [5.74, 6) is -0.350. The molecule has 1 aromatic carbocycles. The monoisotopic (exact) mass is 337 g/mol. The minimum Gasteiger partial charge on any atom is -0.336 e. The standard InChI is InChI=1S/C17H18F3N3O/c1-16(2)10-23(9-12(16)11-6-4-3-5-7-11)15(24)13-8-14(22-21-13)17(18,19)20/h3-8,12H,9-10H2,1-2H3,(H,21,22)/t12-/m1/s1. The van der Waals surface area contributed by atoms with Gasteiger partial charge in [0.2, 0.25) is 0 Å². The molecule has 1 aromatic heterocycles. The Morgan fingerprint density at radius 2 is 1.96 bits per heavy atom. The van der Waals surface area contributed by atoms with Gasteiger partial charge in [-0.3, -0.25) is 9.89 Å². The van der Waals surface area contributed by atoms with Gasteiger partial charge in [-0.1, -0.05) is 44.2 Å². The van der Waals surface area contributed by atoms with Crippen LogP contribution in [0.4, 0.5) is 13.2 Å². The molecular formula is C17H18F3N3O. The van der Waals surface area contributed by atoms with Crippen molar-refractivity contribution in [1.29, 1.82) is 0 Å². The summed E-state index contributed by atoms with van der Waals surface area (Å²) in [6.07, 6.45) is -4.54. The highest BCUT2D eigenvalue weighted by molar-refractivity contribution is 5.92. The first-order chi connectivity index (χ1) is 11.2. The van der Waals surface area contributed by atoms with Crippen LogP contribution >= 0.6 is 0 Å². The van der Waals surface area contributed by atoms with Crippen molar-refractivity contribution in [2.75, 3.05) is 13.1 Å². The number of amides is 1. The van der Waals surface area contributed by atoms with E-state index in [0.29, 0.717) is 13.1 Å². The van der Waals surface area contributed by atoms with E-state index in [2.05, 4.69) is 18.9 Å². The van der Waals surface area contributed by atoms with Crippen molar-refractivity contribution in [1.82, 2.24) is 15.1 Å². The Morgan fingerprint density at radius 3 is 2.54 bits per heavy atom. The number of aromatic nitrogens is 2. The summed E-state index contributed by atoms with van der Waals surface area (Å²) >= 11 is 0. The predicted molar refractivity (Wildman–Crippen MR) is 82.5 cm³/mol. The van der Waals surface area contributed by atoms with Crippen LogP contribution in [0.15, 0.2) is 36.4 Å². The highest BCUT2D eigenvalue weighted by Crippen LogP contribution is 2.42. The molecule has 1 amide bonds. The van der Waals surface area contributed by atoms with Gasteiger partial charge in [0.05, 0.1) is 0 Å². The normalized spacial score (nSPS) is 20.4. The SMILES string of the molecule is CC1(C)CN(C(=O)c2cc(C(F)(F)F)[nH]n2)C[C@@H]1c1ccccc1. The molecule has 24 heavy (non-hydrogen) atoms. The molecule has 7 heteroatoms. The molecule has 0 aliphatic carbocycles. The van der Waals surface area contributed by atoms with E-state index in [9.17, 15) is 18.0 Å². The van der Waals surface area contributed by atoms with Gasteiger partial charge in [0.25, 0.3) is 5.91 Å². The second-order valence-electron chi connectivity index (χ2n) is 6.80. The molecule has 128 valence electrons. The zero-order valence-electron chi connectivity index (χ0n) is 13.4. The van der Waals surface area contributed by atoms with Crippen molar-refractivity contribution in [3.8, 4) is 0 Å². The van der Waals surface area contributed by atoms with E-state index >= 15 is 0 Å². The molecular weight excluding hydrogens is 319 g/mol. The molecule has 3 rings (SSSR count). The van der Waals surface area contributed by atoms with Gasteiger partial charge in [0, 0.05) is 25.1 Å². The molecule has 0 radical (unpaired) electrons. The highest BCUT2D eigenvalue weighted by atomic mass is 19.4. The van der Waals surface area contributed by atoms with Crippen LogP contribution in [0.3, 0.4) is 0 Å². The third kappa shape index (κ3) is 3.02. The molecule has 2 aromatic rings. The third-order valence-electron chi connectivity index (χ3n) is 4.54. The maximum Gasteiger partial charge on any atom is 0.432 e. The number of H-pyrrole nitrogens is 1. The molecule has 1 aliphatic heterocycles. The van der Waals surface area contributed by atoms with E-state index in [4.69, 9.17) is 0 Å².